The van der Waals surface area contributed by atoms with Gasteiger partial charge in [-0.25, -0.2) is 0 Å². The monoisotopic (exact) mass is 203 g/mol. The molecule has 0 aliphatic heterocycles. The van der Waals surface area contributed by atoms with Gasteiger partial charge in [0.2, 0.25) is 0 Å². The summed E-state index contributed by atoms with van der Waals surface area (Å²) in [4.78, 5) is 0. The summed E-state index contributed by atoms with van der Waals surface area (Å²) in [5, 5.41) is 3.08. The molecule has 2 heteroatoms. The molecule has 0 saturated heterocycles. The minimum Gasteiger partial charge on any atom is -0.492 e. The van der Waals surface area contributed by atoms with Crippen molar-refractivity contribution in [2.75, 3.05) is 19.7 Å². The Morgan fingerprint density at radius 3 is 2.93 bits per heavy atom. The predicted octanol–water partition coefficient (Wildman–Crippen LogP) is 1.91. The molecule has 0 fully saturated rings. The first-order valence-corrected chi connectivity index (χ1v) is 5.08. The van der Waals surface area contributed by atoms with Crippen LogP contribution < -0.4 is 10.1 Å². The van der Waals surface area contributed by atoms with Gasteiger partial charge in [-0.15, -0.1) is 6.42 Å². The molecule has 15 heavy (non-hydrogen) atoms. The summed E-state index contributed by atoms with van der Waals surface area (Å²) in [6.07, 6.45) is 5.11. The van der Waals surface area contributed by atoms with E-state index in [1.54, 1.807) is 0 Å². The highest BCUT2D eigenvalue weighted by Gasteiger charge is 1.98. The zero-order chi connectivity index (χ0) is 11.1. The van der Waals surface area contributed by atoms with E-state index in [4.69, 9.17) is 11.2 Å². The largest absolute Gasteiger partial charge is 0.492 e. The minimum absolute atomic E-state index is 0.593. The Morgan fingerprint density at radius 1 is 1.40 bits per heavy atom. The van der Waals surface area contributed by atoms with Gasteiger partial charge < -0.3 is 10.1 Å². The van der Waals surface area contributed by atoms with Crippen LogP contribution >= 0.6 is 0 Å². The first-order valence-electron chi connectivity index (χ1n) is 5.08. The van der Waals surface area contributed by atoms with Crippen LogP contribution in [0, 0.1) is 26.2 Å². The lowest BCUT2D eigenvalue weighted by Gasteiger charge is -2.09. The third kappa shape index (κ3) is 4.05. The number of hydrogen-bond donors (Lipinski definition) is 1. The van der Waals surface area contributed by atoms with Crippen LogP contribution in [0.1, 0.15) is 11.1 Å². The van der Waals surface area contributed by atoms with Gasteiger partial charge in [-0.2, -0.15) is 0 Å². The Bertz CT molecular complexity index is 352. The molecule has 0 radical (unpaired) electrons. The van der Waals surface area contributed by atoms with Gasteiger partial charge in [0.15, 0.2) is 0 Å². The normalized spacial score (nSPS) is 9.67. The maximum absolute atomic E-state index is 5.63. The van der Waals surface area contributed by atoms with Crippen molar-refractivity contribution in [1.82, 2.24) is 5.32 Å². The summed E-state index contributed by atoms with van der Waals surface area (Å²) in [5.74, 6) is 3.48. The van der Waals surface area contributed by atoms with Crippen LogP contribution in [0.15, 0.2) is 18.2 Å². The second kappa shape index (κ2) is 6.10. The molecule has 0 saturated carbocycles. The molecule has 80 valence electrons. The van der Waals surface area contributed by atoms with Gasteiger partial charge in [0.25, 0.3) is 0 Å². The molecule has 0 bridgehead atoms. The number of terminal acetylenes is 1. The molecule has 0 aliphatic rings. The number of hydrogen-bond acceptors (Lipinski definition) is 2. The minimum atomic E-state index is 0.593. The summed E-state index contributed by atoms with van der Waals surface area (Å²) in [6, 6.07) is 6.20. The molecule has 0 amide bonds. The molecule has 1 N–H and O–H groups in total. The number of nitrogens with one attached hydrogen (secondary N) is 1. The van der Waals surface area contributed by atoms with Gasteiger partial charge in [0.1, 0.15) is 12.4 Å². The molecule has 0 heterocycles. The van der Waals surface area contributed by atoms with Crippen LogP contribution in [0.2, 0.25) is 0 Å². The molecular weight excluding hydrogens is 186 g/mol. The van der Waals surface area contributed by atoms with Crippen molar-refractivity contribution in [1.29, 1.82) is 0 Å². The third-order valence-corrected chi connectivity index (χ3v) is 2.11. The summed E-state index contributed by atoms with van der Waals surface area (Å²) in [5.41, 5.74) is 2.38. The topological polar surface area (TPSA) is 21.3 Å². The van der Waals surface area contributed by atoms with Crippen LogP contribution in [0.5, 0.6) is 5.75 Å². The fraction of sp³-hybridized carbons (Fsp3) is 0.385. The van der Waals surface area contributed by atoms with Crippen molar-refractivity contribution in [2.24, 2.45) is 0 Å². The van der Waals surface area contributed by atoms with E-state index in [1.807, 2.05) is 6.92 Å². The molecule has 0 aliphatic carbocycles. The number of rotatable bonds is 5. The average molecular weight is 203 g/mol. The Hall–Kier alpha value is -1.46. The van der Waals surface area contributed by atoms with Gasteiger partial charge in [0, 0.05) is 6.54 Å². The summed E-state index contributed by atoms with van der Waals surface area (Å²) in [6.45, 7) is 6.12. The lowest BCUT2D eigenvalue weighted by Crippen LogP contribution is -2.21. The lowest BCUT2D eigenvalue weighted by molar-refractivity contribution is 0.314. The van der Waals surface area contributed by atoms with Crippen molar-refractivity contribution >= 4 is 0 Å². The van der Waals surface area contributed by atoms with Crippen LogP contribution in [0.4, 0.5) is 0 Å². The van der Waals surface area contributed by atoms with E-state index in [0.29, 0.717) is 13.2 Å². The second-order valence-electron chi connectivity index (χ2n) is 3.50. The van der Waals surface area contributed by atoms with E-state index in [-0.39, 0.29) is 0 Å². The van der Waals surface area contributed by atoms with Crippen LogP contribution in [-0.2, 0) is 0 Å². The first kappa shape index (κ1) is 11.6. The molecule has 0 spiro atoms. The van der Waals surface area contributed by atoms with Crippen molar-refractivity contribution in [3.05, 3.63) is 29.3 Å². The number of ether oxygens (including phenoxy) is 1. The summed E-state index contributed by atoms with van der Waals surface area (Å²) < 4.78 is 5.63. The summed E-state index contributed by atoms with van der Waals surface area (Å²) >= 11 is 0. The molecule has 2 nitrogen and oxygen atoms in total. The van der Waals surface area contributed by atoms with Crippen LogP contribution in [0.3, 0.4) is 0 Å². The zero-order valence-electron chi connectivity index (χ0n) is 9.34. The Balaban J connectivity index is 2.37. The van der Waals surface area contributed by atoms with E-state index in [9.17, 15) is 0 Å². The van der Waals surface area contributed by atoms with E-state index in [1.165, 1.54) is 5.56 Å². The summed E-state index contributed by atoms with van der Waals surface area (Å²) in [7, 11) is 0. The van der Waals surface area contributed by atoms with Gasteiger partial charge in [-0.3, -0.25) is 0 Å². The zero-order valence-corrected chi connectivity index (χ0v) is 9.34. The fourth-order valence-electron chi connectivity index (χ4n) is 1.26. The van der Waals surface area contributed by atoms with Gasteiger partial charge in [0.05, 0.1) is 6.54 Å². The molecule has 1 aromatic rings. The van der Waals surface area contributed by atoms with E-state index in [0.717, 1.165) is 17.9 Å². The van der Waals surface area contributed by atoms with Crippen molar-refractivity contribution in [2.45, 2.75) is 13.8 Å². The van der Waals surface area contributed by atoms with E-state index >= 15 is 0 Å². The highest BCUT2D eigenvalue weighted by molar-refractivity contribution is 5.35. The quantitative estimate of drug-likeness (QED) is 0.583. The van der Waals surface area contributed by atoms with Gasteiger partial charge >= 0.3 is 0 Å². The first-order chi connectivity index (χ1) is 7.24. The molecule has 1 aromatic carbocycles. The molecule has 0 unspecified atom stereocenters. The van der Waals surface area contributed by atoms with Crippen molar-refractivity contribution in [3.8, 4) is 18.1 Å². The molecular formula is C13H17NO. The predicted molar refractivity (Wildman–Crippen MR) is 63.1 cm³/mol. The Kier molecular flexibility index (Phi) is 4.73. The molecule has 1 rings (SSSR count). The van der Waals surface area contributed by atoms with E-state index < -0.39 is 0 Å². The number of benzene rings is 1. The smallest absolute Gasteiger partial charge is 0.122 e. The SMILES string of the molecule is C#CCNCCOc1cc(C)ccc1C. The molecule has 0 atom stereocenters. The second-order valence-corrected chi connectivity index (χ2v) is 3.50. The maximum Gasteiger partial charge on any atom is 0.122 e. The van der Waals surface area contributed by atoms with E-state index in [2.05, 4.69) is 36.4 Å². The van der Waals surface area contributed by atoms with Crippen LogP contribution in [0.25, 0.3) is 0 Å². The lowest BCUT2D eigenvalue weighted by atomic mass is 10.1. The van der Waals surface area contributed by atoms with Crippen molar-refractivity contribution in [3.63, 3.8) is 0 Å². The number of aryl methyl sites for hydroxylation is 2. The van der Waals surface area contributed by atoms with Crippen molar-refractivity contribution < 1.29 is 4.74 Å². The van der Waals surface area contributed by atoms with Gasteiger partial charge in [-0.1, -0.05) is 18.1 Å². The standard InChI is InChI=1S/C13H17NO/c1-4-7-14-8-9-15-13-10-11(2)5-6-12(13)3/h1,5-6,10,14H,7-9H2,2-3H3. The highest BCUT2D eigenvalue weighted by Crippen LogP contribution is 2.18. The highest BCUT2D eigenvalue weighted by atomic mass is 16.5. The maximum atomic E-state index is 5.63. The fourth-order valence-corrected chi connectivity index (χ4v) is 1.26. The molecule has 0 aromatic heterocycles. The Labute approximate surface area is 91.6 Å². The van der Waals surface area contributed by atoms with Crippen LogP contribution in [-0.4, -0.2) is 19.7 Å². The van der Waals surface area contributed by atoms with Gasteiger partial charge in [-0.05, 0) is 31.0 Å². The average Bonchev–Trinajstić information content (AvgIpc) is 2.23. The Morgan fingerprint density at radius 2 is 2.20 bits per heavy atom. The third-order valence-electron chi connectivity index (χ3n) is 2.11.